The van der Waals surface area contributed by atoms with Crippen molar-refractivity contribution < 1.29 is 4.79 Å². The first kappa shape index (κ1) is 15.7. The minimum atomic E-state index is -0.152. The maximum Gasteiger partial charge on any atom is 0.266 e. The van der Waals surface area contributed by atoms with Gasteiger partial charge in [0.05, 0.1) is 5.69 Å². The normalized spacial score (nSPS) is 10.4. The molecule has 0 atom stereocenters. The van der Waals surface area contributed by atoms with Crippen molar-refractivity contribution in [2.75, 3.05) is 5.32 Å². The number of aryl methyl sites for hydroxylation is 2. The van der Waals surface area contributed by atoms with Crippen LogP contribution < -0.4 is 10.9 Å². The van der Waals surface area contributed by atoms with Crippen LogP contribution in [-0.4, -0.2) is 15.7 Å². The number of aromatic nitrogens is 2. The Kier molecular flexibility index (Phi) is 4.24. The molecule has 0 unspecified atom stereocenters. The fourth-order valence-electron chi connectivity index (χ4n) is 2.37. The van der Waals surface area contributed by atoms with E-state index in [4.69, 9.17) is 0 Å². The Balaban J connectivity index is 1.78. The Morgan fingerprint density at radius 3 is 2.46 bits per heavy atom. The highest BCUT2D eigenvalue weighted by atomic mass is 16.1. The lowest BCUT2D eigenvalue weighted by molar-refractivity contribution is 0.102. The van der Waals surface area contributed by atoms with Crippen molar-refractivity contribution >= 4 is 11.6 Å². The van der Waals surface area contributed by atoms with Gasteiger partial charge in [-0.25, -0.2) is 4.68 Å². The first-order valence-electron chi connectivity index (χ1n) is 7.56. The lowest BCUT2D eigenvalue weighted by Gasteiger charge is -2.07. The van der Waals surface area contributed by atoms with Crippen molar-refractivity contribution in [2.45, 2.75) is 6.92 Å². The number of hydrogen-bond donors (Lipinski definition) is 1. The van der Waals surface area contributed by atoms with Crippen LogP contribution in [0.5, 0.6) is 0 Å². The maximum atomic E-state index is 12.2. The molecule has 0 fully saturated rings. The molecule has 1 heterocycles. The number of nitrogens with one attached hydrogen (secondary N) is 1. The minimum Gasteiger partial charge on any atom is -0.322 e. The summed E-state index contributed by atoms with van der Waals surface area (Å²) in [7, 11) is 1.61. The van der Waals surface area contributed by atoms with Crippen molar-refractivity contribution in [3.63, 3.8) is 0 Å². The van der Waals surface area contributed by atoms with E-state index in [2.05, 4.69) is 10.4 Å². The summed E-state index contributed by atoms with van der Waals surface area (Å²) in [6, 6.07) is 18.0. The second-order valence-corrected chi connectivity index (χ2v) is 5.58. The van der Waals surface area contributed by atoms with Crippen molar-refractivity contribution in [2.24, 2.45) is 7.05 Å². The molecule has 0 bridgehead atoms. The van der Waals surface area contributed by atoms with E-state index in [9.17, 15) is 9.59 Å². The Morgan fingerprint density at radius 2 is 1.79 bits per heavy atom. The van der Waals surface area contributed by atoms with Crippen molar-refractivity contribution in [1.82, 2.24) is 9.78 Å². The number of amides is 1. The van der Waals surface area contributed by atoms with Gasteiger partial charge in [0.25, 0.3) is 11.5 Å². The quantitative estimate of drug-likeness (QED) is 0.807. The van der Waals surface area contributed by atoms with Crippen LogP contribution in [0.4, 0.5) is 5.69 Å². The predicted octanol–water partition coefficient (Wildman–Crippen LogP) is 3.01. The standard InChI is InChI=1S/C19H17N3O2/c1-13-4-3-5-15(12-13)19(24)20-16-8-6-14(7-9-16)17-10-11-18(23)22(2)21-17/h3-12H,1-2H3,(H,20,24). The third kappa shape index (κ3) is 3.41. The minimum absolute atomic E-state index is 0.147. The van der Waals surface area contributed by atoms with Crippen molar-refractivity contribution in [3.8, 4) is 11.3 Å². The number of anilines is 1. The van der Waals surface area contributed by atoms with Crippen molar-refractivity contribution in [1.29, 1.82) is 0 Å². The number of carbonyl (C=O) groups excluding carboxylic acids is 1. The molecule has 0 saturated carbocycles. The van der Waals surface area contributed by atoms with E-state index in [0.717, 1.165) is 11.1 Å². The molecule has 24 heavy (non-hydrogen) atoms. The molecular weight excluding hydrogens is 302 g/mol. The summed E-state index contributed by atoms with van der Waals surface area (Å²) in [5.41, 5.74) is 3.79. The summed E-state index contributed by atoms with van der Waals surface area (Å²) in [6.07, 6.45) is 0. The summed E-state index contributed by atoms with van der Waals surface area (Å²) < 4.78 is 1.29. The van der Waals surface area contributed by atoms with Gasteiger partial charge in [0, 0.05) is 29.9 Å². The highest BCUT2D eigenvalue weighted by Gasteiger charge is 2.07. The fraction of sp³-hybridized carbons (Fsp3) is 0.105. The molecule has 3 rings (SSSR count). The van der Waals surface area contributed by atoms with E-state index in [1.165, 1.54) is 10.7 Å². The molecular formula is C19H17N3O2. The molecule has 2 aromatic carbocycles. The Bertz CT molecular complexity index is 943. The van der Waals surface area contributed by atoms with Crippen LogP contribution >= 0.6 is 0 Å². The topological polar surface area (TPSA) is 64.0 Å². The Hall–Kier alpha value is -3.21. The Morgan fingerprint density at radius 1 is 1.04 bits per heavy atom. The lowest BCUT2D eigenvalue weighted by atomic mass is 10.1. The van der Waals surface area contributed by atoms with E-state index in [1.807, 2.05) is 49.4 Å². The fourth-order valence-corrected chi connectivity index (χ4v) is 2.37. The van der Waals surface area contributed by atoms with Gasteiger partial charge in [-0.3, -0.25) is 9.59 Å². The zero-order chi connectivity index (χ0) is 17.1. The number of hydrogen-bond acceptors (Lipinski definition) is 3. The third-order valence-electron chi connectivity index (χ3n) is 3.68. The second kappa shape index (κ2) is 6.50. The van der Waals surface area contributed by atoms with Gasteiger partial charge >= 0.3 is 0 Å². The van der Waals surface area contributed by atoms with Gasteiger partial charge in [0.2, 0.25) is 0 Å². The molecule has 0 radical (unpaired) electrons. The molecule has 0 aliphatic carbocycles. The van der Waals surface area contributed by atoms with E-state index in [0.29, 0.717) is 16.9 Å². The second-order valence-electron chi connectivity index (χ2n) is 5.58. The zero-order valence-corrected chi connectivity index (χ0v) is 13.5. The average Bonchev–Trinajstić information content (AvgIpc) is 2.58. The highest BCUT2D eigenvalue weighted by molar-refractivity contribution is 6.04. The van der Waals surface area contributed by atoms with Gasteiger partial charge in [-0.1, -0.05) is 29.8 Å². The lowest BCUT2D eigenvalue weighted by Crippen LogP contribution is -2.18. The number of carbonyl (C=O) groups is 1. The summed E-state index contributed by atoms with van der Waals surface area (Å²) in [6.45, 7) is 1.95. The molecule has 5 nitrogen and oxygen atoms in total. The van der Waals surface area contributed by atoms with Gasteiger partial charge in [0.15, 0.2) is 0 Å². The summed E-state index contributed by atoms with van der Waals surface area (Å²) in [5, 5.41) is 7.08. The van der Waals surface area contributed by atoms with Gasteiger partial charge < -0.3 is 5.32 Å². The molecule has 1 N–H and O–H groups in total. The van der Waals surface area contributed by atoms with E-state index >= 15 is 0 Å². The van der Waals surface area contributed by atoms with Crippen LogP contribution in [0, 0.1) is 6.92 Å². The van der Waals surface area contributed by atoms with Gasteiger partial charge in [-0.15, -0.1) is 0 Å². The van der Waals surface area contributed by atoms with E-state index in [-0.39, 0.29) is 11.5 Å². The first-order chi connectivity index (χ1) is 11.5. The molecule has 0 saturated heterocycles. The van der Waals surface area contributed by atoms with Gasteiger partial charge in [0.1, 0.15) is 0 Å². The molecule has 0 aliphatic heterocycles. The SMILES string of the molecule is Cc1cccc(C(=O)Nc2ccc(-c3ccc(=O)n(C)n3)cc2)c1. The number of nitrogens with zero attached hydrogens (tertiary/aromatic N) is 2. The molecule has 1 aromatic heterocycles. The molecule has 120 valence electrons. The monoisotopic (exact) mass is 319 g/mol. The summed E-state index contributed by atoms with van der Waals surface area (Å²) in [4.78, 5) is 23.6. The van der Waals surface area contributed by atoms with Crippen LogP contribution in [-0.2, 0) is 7.05 Å². The van der Waals surface area contributed by atoms with Crippen molar-refractivity contribution in [3.05, 3.63) is 82.1 Å². The molecule has 0 aliphatic rings. The third-order valence-corrected chi connectivity index (χ3v) is 3.68. The number of rotatable bonds is 3. The van der Waals surface area contributed by atoms with E-state index < -0.39 is 0 Å². The number of benzene rings is 2. The van der Waals surface area contributed by atoms with Gasteiger partial charge in [-0.2, -0.15) is 5.10 Å². The van der Waals surface area contributed by atoms with E-state index in [1.54, 1.807) is 19.2 Å². The average molecular weight is 319 g/mol. The molecule has 3 aromatic rings. The van der Waals surface area contributed by atoms with Crippen LogP contribution in [0.1, 0.15) is 15.9 Å². The summed E-state index contributed by atoms with van der Waals surface area (Å²) >= 11 is 0. The van der Waals surface area contributed by atoms with Crippen LogP contribution in [0.25, 0.3) is 11.3 Å². The largest absolute Gasteiger partial charge is 0.322 e. The predicted molar refractivity (Wildman–Crippen MR) is 94.0 cm³/mol. The van der Waals surface area contributed by atoms with Crippen LogP contribution in [0.2, 0.25) is 0 Å². The maximum absolute atomic E-state index is 12.2. The van der Waals surface area contributed by atoms with Gasteiger partial charge in [-0.05, 0) is 37.3 Å². The summed E-state index contributed by atoms with van der Waals surface area (Å²) in [5.74, 6) is -0.147. The van der Waals surface area contributed by atoms with Crippen LogP contribution in [0.15, 0.2) is 65.5 Å². The van der Waals surface area contributed by atoms with Crippen LogP contribution in [0.3, 0.4) is 0 Å². The first-order valence-corrected chi connectivity index (χ1v) is 7.56. The Labute approximate surface area is 139 Å². The molecule has 1 amide bonds. The molecule has 5 heteroatoms. The smallest absolute Gasteiger partial charge is 0.266 e. The molecule has 0 spiro atoms. The highest BCUT2D eigenvalue weighted by Crippen LogP contribution is 2.19. The zero-order valence-electron chi connectivity index (χ0n) is 13.5.